The number of methoxy groups -OCH3 is 2. The lowest BCUT2D eigenvalue weighted by Crippen LogP contribution is -2.04. The zero-order valence-electron chi connectivity index (χ0n) is 8.34. The molecule has 0 unspecified atom stereocenters. The summed E-state index contributed by atoms with van der Waals surface area (Å²) >= 11 is 5.59. The molecule has 0 atom stereocenters. The normalized spacial score (nSPS) is 9.64. The summed E-state index contributed by atoms with van der Waals surface area (Å²) in [5.41, 5.74) is 0.896. The minimum Gasteiger partial charge on any atom is -0.497 e. The summed E-state index contributed by atoms with van der Waals surface area (Å²) in [4.78, 5) is 0. The molecule has 0 aromatic heterocycles. The van der Waals surface area contributed by atoms with E-state index in [4.69, 9.17) is 21.1 Å². The second kappa shape index (κ2) is 5.60. The second-order valence-corrected chi connectivity index (χ2v) is 3.06. The summed E-state index contributed by atoms with van der Waals surface area (Å²) in [6.45, 7) is 0.699. The maximum absolute atomic E-state index is 5.59. The Morgan fingerprint density at radius 2 is 2.07 bits per heavy atom. The molecule has 0 radical (unpaired) electrons. The van der Waals surface area contributed by atoms with Crippen LogP contribution in [0, 0.1) is 0 Å². The van der Waals surface area contributed by atoms with Crippen LogP contribution in [0.4, 0.5) is 5.69 Å². The van der Waals surface area contributed by atoms with E-state index in [0.29, 0.717) is 12.4 Å². The van der Waals surface area contributed by atoms with Crippen LogP contribution in [-0.4, -0.2) is 26.6 Å². The molecule has 0 fully saturated rings. The van der Waals surface area contributed by atoms with E-state index in [0.717, 1.165) is 17.2 Å². The summed E-state index contributed by atoms with van der Waals surface area (Å²) in [5.74, 6) is 2.14. The van der Waals surface area contributed by atoms with Crippen molar-refractivity contribution >= 4 is 17.3 Å². The summed E-state index contributed by atoms with van der Waals surface area (Å²) in [6.07, 6.45) is 0. The van der Waals surface area contributed by atoms with Crippen molar-refractivity contribution in [2.45, 2.75) is 0 Å². The van der Waals surface area contributed by atoms with Crippen molar-refractivity contribution in [1.29, 1.82) is 0 Å². The molecule has 0 amide bonds. The van der Waals surface area contributed by atoms with Crippen molar-refractivity contribution in [2.24, 2.45) is 0 Å². The molecule has 1 aromatic rings. The summed E-state index contributed by atoms with van der Waals surface area (Å²) in [6, 6.07) is 5.59. The van der Waals surface area contributed by atoms with Crippen molar-refractivity contribution in [3.8, 4) is 11.5 Å². The van der Waals surface area contributed by atoms with E-state index in [1.807, 2.05) is 18.2 Å². The summed E-state index contributed by atoms with van der Waals surface area (Å²) in [5, 5.41) is 3.15. The first-order valence-corrected chi connectivity index (χ1v) is 4.87. The van der Waals surface area contributed by atoms with Gasteiger partial charge >= 0.3 is 0 Å². The largest absolute Gasteiger partial charge is 0.497 e. The van der Waals surface area contributed by atoms with E-state index >= 15 is 0 Å². The Labute approximate surface area is 89.0 Å². The lowest BCUT2D eigenvalue weighted by molar-refractivity contribution is 0.404. The van der Waals surface area contributed by atoms with Gasteiger partial charge in [0, 0.05) is 18.5 Å². The number of anilines is 1. The number of hydrogen-bond donors (Lipinski definition) is 1. The fraction of sp³-hybridized carbons (Fsp3) is 0.400. The Hall–Kier alpha value is -1.09. The van der Waals surface area contributed by atoms with Gasteiger partial charge in [-0.25, -0.2) is 0 Å². The molecule has 3 nitrogen and oxygen atoms in total. The predicted molar refractivity (Wildman–Crippen MR) is 58.8 cm³/mol. The molecule has 0 bridgehead atoms. The van der Waals surface area contributed by atoms with Crippen LogP contribution >= 0.6 is 11.6 Å². The zero-order chi connectivity index (χ0) is 10.4. The second-order valence-electron chi connectivity index (χ2n) is 2.68. The Kier molecular flexibility index (Phi) is 4.40. The first kappa shape index (κ1) is 11.0. The van der Waals surface area contributed by atoms with Crippen LogP contribution in [-0.2, 0) is 0 Å². The standard InChI is InChI=1S/C10H14ClNO2/c1-13-8-3-4-10(14-2)9(7-8)12-6-5-11/h3-4,7,12H,5-6H2,1-2H3. The Morgan fingerprint density at radius 1 is 1.29 bits per heavy atom. The molecule has 0 aliphatic rings. The van der Waals surface area contributed by atoms with Crippen molar-refractivity contribution in [3.05, 3.63) is 18.2 Å². The van der Waals surface area contributed by atoms with Gasteiger partial charge in [-0.3, -0.25) is 0 Å². The topological polar surface area (TPSA) is 30.5 Å². The molecule has 4 heteroatoms. The highest BCUT2D eigenvalue weighted by Gasteiger charge is 2.03. The zero-order valence-corrected chi connectivity index (χ0v) is 9.10. The molecule has 1 rings (SSSR count). The van der Waals surface area contributed by atoms with E-state index in [1.165, 1.54) is 0 Å². The number of alkyl halides is 1. The lowest BCUT2D eigenvalue weighted by Gasteiger charge is -2.11. The number of ether oxygens (including phenoxy) is 2. The van der Waals surface area contributed by atoms with Crippen molar-refractivity contribution in [1.82, 2.24) is 0 Å². The SMILES string of the molecule is COc1ccc(OC)c(NCCCl)c1. The van der Waals surface area contributed by atoms with Crippen molar-refractivity contribution < 1.29 is 9.47 Å². The minimum absolute atomic E-state index is 0.556. The first-order chi connectivity index (χ1) is 6.81. The number of halogens is 1. The number of hydrogen-bond acceptors (Lipinski definition) is 3. The van der Waals surface area contributed by atoms with E-state index < -0.39 is 0 Å². The van der Waals surface area contributed by atoms with Gasteiger partial charge in [-0.1, -0.05) is 0 Å². The van der Waals surface area contributed by atoms with Crippen LogP contribution < -0.4 is 14.8 Å². The van der Waals surface area contributed by atoms with Crippen LogP contribution in [0.3, 0.4) is 0 Å². The van der Waals surface area contributed by atoms with Gasteiger partial charge in [0.2, 0.25) is 0 Å². The lowest BCUT2D eigenvalue weighted by atomic mass is 10.2. The monoisotopic (exact) mass is 215 g/mol. The molecule has 1 N–H and O–H groups in total. The van der Waals surface area contributed by atoms with Gasteiger partial charge in [0.1, 0.15) is 11.5 Å². The number of benzene rings is 1. The Balaban J connectivity index is 2.84. The van der Waals surface area contributed by atoms with Crippen molar-refractivity contribution in [3.63, 3.8) is 0 Å². The van der Waals surface area contributed by atoms with Gasteiger partial charge in [0.15, 0.2) is 0 Å². The van der Waals surface area contributed by atoms with Crippen LogP contribution in [0.5, 0.6) is 11.5 Å². The van der Waals surface area contributed by atoms with E-state index in [1.54, 1.807) is 14.2 Å². The minimum atomic E-state index is 0.556. The third kappa shape index (κ3) is 2.70. The van der Waals surface area contributed by atoms with Gasteiger partial charge in [0.05, 0.1) is 19.9 Å². The molecule has 0 heterocycles. The molecule has 1 aromatic carbocycles. The molecule has 0 aliphatic heterocycles. The van der Waals surface area contributed by atoms with Crippen LogP contribution in [0.15, 0.2) is 18.2 Å². The maximum atomic E-state index is 5.59. The van der Waals surface area contributed by atoms with E-state index in [9.17, 15) is 0 Å². The van der Waals surface area contributed by atoms with Gasteiger partial charge in [-0.2, -0.15) is 0 Å². The molecule has 14 heavy (non-hydrogen) atoms. The average Bonchev–Trinajstić information content (AvgIpc) is 2.25. The molecular formula is C10H14ClNO2. The molecule has 0 saturated heterocycles. The third-order valence-electron chi connectivity index (χ3n) is 1.82. The highest BCUT2D eigenvalue weighted by molar-refractivity contribution is 6.18. The van der Waals surface area contributed by atoms with Crippen LogP contribution in [0.1, 0.15) is 0 Å². The van der Waals surface area contributed by atoms with Gasteiger partial charge in [0.25, 0.3) is 0 Å². The Bertz CT molecular complexity index is 291. The number of nitrogens with one attached hydrogen (secondary N) is 1. The quantitative estimate of drug-likeness (QED) is 0.765. The van der Waals surface area contributed by atoms with Gasteiger partial charge in [-0.05, 0) is 12.1 Å². The summed E-state index contributed by atoms with van der Waals surface area (Å²) in [7, 11) is 3.26. The smallest absolute Gasteiger partial charge is 0.142 e. The Morgan fingerprint density at radius 3 is 2.64 bits per heavy atom. The fourth-order valence-corrected chi connectivity index (χ4v) is 1.23. The summed E-state index contributed by atoms with van der Waals surface area (Å²) < 4.78 is 10.3. The first-order valence-electron chi connectivity index (χ1n) is 4.33. The van der Waals surface area contributed by atoms with E-state index in [2.05, 4.69) is 5.32 Å². The maximum Gasteiger partial charge on any atom is 0.142 e. The number of rotatable bonds is 5. The molecular weight excluding hydrogens is 202 g/mol. The fourth-order valence-electron chi connectivity index (χ4n) is 1.13. The predicted octanol–water partition coefficient (Wildman–Crippen LogP) is 2.35. The molecule has 78 valence electrons. The van der Waals surface area contributed by atoms with Crippen molar-refractivity contribution in [2.75, 3.05) is 32.0 Å². The van der Waals surface area contributed by atoms with Gasteiger partial charge < -0.3 is 14.8 Å². The highest BCUT2D eigenvalue weighted by Crippen LogP contribution is 2.28. The van der Waals surface area contributed by atoms with Crippen LogP contribution in [0.2, 0.25) is 0 Å². The molecule has 0 saturated carbocycles. The van der Waals surface area contributed by atoms with Gasteiger partial charge in [-0.15, -0.1) is 11.6 Å². The third-order valence-corrected chi connectivity index (χ3v) is 2.01. The molecule has 0 spiro atoms. The van der Waals surface area contributed by atoms with Crippen LogP contribution in [0.25, 0.3) is 0 Å². The average molecular weight is 216 g/mol. The van der Waals surface area contributed by atoms with E-state index in [-0.39, 0.29) is 0 Å². The molecule has 0 aliphatic carbocycles. The highest BCUT2D eigenvalue weighted by atomic mass is 35.5.